The largest absolute Gasteiger partial charge is 0.288 e. The van der Waals surface area contributed by atoms with Crippen molar-refractivity contribution in [2.75, 3.05) is 0 Å². The molecule has 0 aliphatic carbocycles. The zero-order valence-electron chi connectivity index (χ0n) is 15.4. The molecule has 0 radical (unpaired) electrons. The summed E-state index contributed by atoms with van der Waals surface area (Å²) in [6.45, 7) is 0.381. The molecule has 0 aliphatic heterocycles. The maximum atomic E-state index is 13.1. The number of fused-ring (bicyclic) bond motifs is 1. The smallest absolute Gasteiger partial charge is 0.270 e. The van der Waals surface area contributed by atoms with E-state index in [-0.39, 0.29) is 11.2 Å². The van der Waals surface area contributed by atoms with Gasteiger partial charge in [-0.1, -0.05) is 60.7 Å². The summed E-state index contributed by atoms with van der Waals surface area (Å²) in [6, 6.07) is 23.2. The predicted molar refractivity (Wildman–Crippen MR) is 114 cm³/mol. The van der Waals surface area contributed by atoms with Gasteiger partial charge in [0.1, 0.15) is 5.82 Å². The number of nitrogens with zero attached hydrogens (tertiary/aromatic N) is 3. The highest BCUT2D eigenvalue weighted by Gasteiger charge is 2.10. The van der Waals surface area contributed by atoms with E-state index in [1.54, 1.807) is 41.0 Å². The molecular formula is C23H17N3O3. The quantitative estimate of drug-likeness (QED) is 0.375. The summed E-state index contributed by atoms with van der Waals surface area (Å²) in [5.74, 6) is 0.490. The topological polar surface area (TPSA) is 78.0 Å². The van der Waals surface area contributed by atoms with Crippen molar-refractivity contribution in [1.82, 2.24) is 9.55 Å². The fourth-order valence-corrected chi connectivity index (χ4v) is 3.14. The normalized spacial score (nSPS) is 11.2. The number of hydrogen-bond acceptors (Lipinski definition) is 4. The predicted octanol–water partition coefficient (Wildman–Crippen LogP) is 4.52. The van der Waals surface area contributed by atoms with Gasteiger partial charge in [-0.2, -0.15) is 0 Å². The van der Waals surface area contributed by atoms with E-state index in [0.29, 0.717) is 28.8 Å². The lowest BCUT2D eigenvalue weighted by atomic mass is 10.1. The number of hydrogen-bond donors (Lipinski definition) is 0. The van der Waals surface area contributed by atoms with Crippen molar-refractivity contribution in [1.29, 1.82) is 0 Å². The number of benzene rings is 3. The first-order chi connectivity index (χ1) is 14.1. The van der Waals surface area contributed by atoms with E-state index in [2.05, 4.69) is 4.98 Å². The van der Waals surface area contributed by atoms with Gasteiger partial charge in [-0.15, -0.1) is 0 Å². The van der Waals surface area contributed by atoms with E-state index in [0.717, 1.165) is 5.56 Å². The first-order valence-electron chi connectivity index (χ1n) is 9.08. The van der Waals surface area contributed by atoms with Gasteiger partial charge >= 0.3 is 0 Å². The molecule has 0 atom stereocenters. The molecule has 0 spiro atoms. The van der Waals surface area contributed by atoms with Crippen LogP contribution in [0, 0.1) is 10.1 Å². The monoisotopic (exact) mass is 383 g/mol. The van der Waals surface area contributed by atoms with Crippen LogP contribution in [0.2, 0.25) is 0 Å². The van der Waals surface area contributed by atoms with Crippen LogP contribution in [0.1, 0.15) is 17.0 Å². The molecule has 0 fully saturated rings. The molecule has 0 saturated heterocycles. The molecular weight excluding hydrogens is 366 g/mol. The molecule has 4 rings (SSSR count). The SMILES string of the molecule is O=c1c2ccccc2nc(/C=C/c2cccc([N+](=O)[O-])c2)n1Cc1ccccc1. The van der Waals surface area contributed by atoms with Gasteiger partial charge in [-0.3, -0.25) is 19.5 Å². The third-order valence-electron chi connectivity index (χ3n) is 4.58. The number of non-ortho nitro benzene ring substituents is 1. The molecule has 0 N–H and O–H groups in total. The van der Waals surface area contributed by atoms with Crippen molar-refractivity contribution < 1.29 is 4.92 Å². The van der Waals surface area contributed by atoms with Crippen LogP contribution in [-0.2, 0) is 6.54 Å². The maximum Gasteiger partial charge on any atom is 0.270 e. The molecule has 142 valence electrons. The van der Waals surface area contributed by atoms with E-state index in [4.69, 9.17) is 0 Å². The van der Waals surface area contributed by atoms with Crippen LogP contribution < -0.4 is 5.56 Å². The van der Waals surface area contributed by atoms with E-state index in [1.807, 2.05) is 42.5 Å². The molecule has 0 unspecified atom stereocenters. The minimum absolute atomic E-state index is 0.0142. The van der Waals surface area contributed by atoms with Gasteiger partial charge in [0.25, 0.3) is 11.2 Å². The number of aromatic nitrogens is 2. The minimum Gasteiger partial charge on any atom is -0.288 e. The molecule has 0 aliphatic rings. The second-order valence-corrected chi connectivity index (χ2v) is 6.55. The molecule has 0 saturated carbocycles. The average Bonchev–Trinajstić information content (AvgIpc) is 2.75. The summed E-state index contributed by atoms with van der Waals surface area (Å²) in [4.78, 5) is 28.3. The lowest BCUT2D eigenvalue weighted by Gasteiger charge is -2.11. The van der Waals surface area contributed by atoms with Crippen molar-refractivity contribution in [3.05, 3.63) is 116 Å². The van der Waals surface area contributed by atoms with Gasteiger partial charge in [0.2, 0.25) is 0 Å². The van der Waals surface area contributed by atoms with Crippen molar-refractivity contribution in [3.8, 4) is 0 Å². The van der Waals surface area contributed by atoms with Crippen LogP contribution in [0.5, 0.6) is 0 Å². The van der Waals surface area contributed by atoms with E-state index < -0.39 is 4.92 Å². The van der Waals surface area contributed by atoms with E-state index in [9.17, 15) is 14.9 Å². The molecule has 1 aromatic heterocycles. The second-order valence-electron chi connectivity index (χ2n) is 6.55. The summed E-state index contributed by atoms with van der Waals surface area (Å²) in [5, 5.41) is 11.6. The summed E-state index contributed by atoms with van der Waals surface area (Å²) in [5.41, 5.74) is 2.14. The van der Waals surface area contributed by atoms with Crippen LogP contribution in [0.15, 0.2) is 83.7 Å². The number of rotatable bonds is 5. The molecule has 0 amide bonds. The van der Waals surface area contributed by atoms with Gasteiger partial charge in [0.05, 0.1) is 22.4 Å². The molecule has 6 nitrogen and oxygen atoms in total. The summed E-state index contributed by atoms with van der Waals surface area (Å²) in [6.07, 6.45) is 3.45. The molecule has 29 heavy (non-hydrogen) atoms. The Morgan fingerprint density at radius 3 is 2.48 bits per heavy atom. The van der Waals surface area contributed by atoms with Crippen LogP contribution in [0.25, 0.3) is 23.1 Å². The van der Waals surface area contributed by atoms with E-state index in [1.165, 1.54) is 12.1 Å². The Labute approximate surface area is 166 Å². The third kappa shape index (κ3) is 3.96. The first kappa shape index (κ1) is 18.3. The van der Waals surface area contributed by atoms with Gasteiger partial charge in [0.15, 0.2) is 0 Å². The lowest BCUT2D eigenvalue weighted by molar-refractivity contribution is -0.384. The molecule has 1 heterocycles. The molecule has 4 aromatic rings. The van der Waals surface area contributed by atoms with Crippen molar-refractivity contribution in [2.45, 2.75) is 6.54 Å². The second kappa shape index (κ2) is 7.90. The number of nitro groups is 1. The fourth-order valence-electron chi connectivity index (χ4n) is 3.14. The number of para-hydroxylation sites is 1. The Morgan fingerprint density at radius 1 is 0.931 bits per heavy atom. The maximum absolute atomic E-state index is 13.1. The highest BCUT2D eigenvalue weighted by Crippen LogP contribution is 2.16. The zero-order chi connectivity index (χ0) is 20.2. The lowest BCUT2D eigenvalue weighted by Crippen LogP contribution is -2.24. The van der Waals surface area contributed by atoms with Crippen LogP contribution in [-0.4, -0.2) is 14.5 Å². The summed E-state index contributed by atoms with van der Waals surface area (Å²) >= 11 is 0. The highest BCUT2D eigenvalue weighted by molar-refractivity contribution is 5.79. The Kier molecular flexibility index (Phi) is 4.99. The Hall–Kier alpha value is -4.06. The van der Waals surface area contributed by atoms with E-state index >= 15 is 0 Å². The van der Waals surface area contributed by atoms with Gasteiger partial charge in [0, 0.05) is 12.1 Å². The first-order valence-corrected chi connectivity index (χ1v) is 9.08. The van der Waals surface area contributed by atoms with Crippen molar-refractivity contribution in [3.63, 3.8) is 0 Å². The van der Waals surface area contributed by atoms with Crippen LogP contribution in [0.3, 0.4) is 0 Å². The molecule has 3 aromatic carbocycles. The van der Waals surface area contributed by atoms with Crippen molar-refractivity contribution >= 4 is 28.7 Å². The van der Waals surface area contributed by atoms with Gasteiger partial charge in [-0.05, 0) is 29.3 Å². The van der Waals surface area contributed by atoms with Crippen molar-refractivity contribution in [2.24, 2.45) is 0 Å². The summed E-state index contributed by atoms with van der Waals surface area (Å²) in [7, 11) is 0. The fraction of sp³-hybridized carbons (Fsp3) is 0.0435. The van der Waals surface area contributed by atoms with Gasteiger partial charge in [-0.25, -0.2) is 4.98 Å². The summed E-state index contributed by atoms with van der Waals surface area (Å²) < 4.78 is 1.62. The van der Waals surface area contributed by atoms with Gasteiger partial charge < -0.3 is 0 Å². The minimum atomic E-state index is -0.434. The van der Waals surface area contributed by atoms with Crippen LogP contribution in [0.4, 0.5) is 5.69 Å². The Balaban J connectivity index is 1.82. The molecule has 6 heteroatoms. The zero-order valence-corrected chi connectivity index (χ0v) is 15.4. The third-order valence-corrected chi connectivity index (χ3v) is 4.58. The van der Waals surface area contributed by atoms with Crippen LogP contribution >= 0.6 is 0 Å². The molecule has 0 bridgehead atoms. The highest BCUT2D eigenvalue weighted by atomic mass is 16.6. The standard InChI is InChI=1S/C23H17N3O3/c27-23-20-11-4-5-12-21(20)24-22(25(23)16-18-7-2-1-3-8-18)14-13-17-9-6-10-19(15-17)26(28)29/h1-15H,16H2/b14-13+. The average molecular weight is 383 g/mol. The number of nitro benzene ring substituents is 1. The Morgan fingerprint density at radius 2 is 1.69 bits per heavy atom. The Bertz CT molecular complexity index is 1280.